The van der Waals surface area contributed by atoms with Gasteiger partial charge in [-0.15, -0.1) is 24.0 Å². The standard InChI is InChI=1S/C17H31N5O3S.HI/c1-16(2,3)26(25)11-8-19-14(18-5)22-9-6-12(7-10-22)17(4)13(23)20-15(24)21-17;/h12H,6-11H2,1-5H3,(H,18,19)(H2,20,21,23,24);1H. The number of halogens is 1. The van der Waals surface area contributed by atoms with Crippen LogP contribution in [0.3, 0.4) is 0 Å². The monoisotopic (exact) mass is 513 g/mol. The van der Waals surface area contributed by atoms with Crippen LogP contribution in [0.25, 0.3) is 0 Å². The Labute approximate surface area is 181 Å². The van der Waals surface area contributed by atoms with E-state index in [1.54, 1.807) is 14.0 Å². The second-order valence-corrected chi connectivity index (χ2v) is 10.3. The molecule has 27 heavy (non-hydrogen) atoms. The molecule has 2 aliphatic heterocycles. The highest BCUT2D eigenvalue weighted by Gasteiger charge is 2.48. The Balaban J connectivity index is 0.00000364. The van der Waals surface area contributed by atoms with Crippen LogP contribution >= 0.6 is 24.0 Å². The van der Waals surface area contributed by atoms with E-state index in [1.807, 2.05) is 20.8 Å². The van der Waals surface area contributed by atoms with Gasteiger partial charge in [-0.25, -0.2) is 4.79 Å². The second kappa shape index (κ2) is 9.53. The molecule has 10 heteroatoms. The zero-order valence-corrected chi connectivity index (χ0v) is 19.9. The lowest BCUT2D eigenvalue weighted by atomic mass is 9.79. The lowest BCUT2D eigenvalue weighted by Gasteiger charge is -2.39. The highest BCUT2D eigenvalue weighted by atomic mass is 127. The Morgan fingerprint density at radius 2 is 1.93 bits per heavy atom. The highest BCUT2D eigenvalue weighted by Crippen LogP contribution is 2.30. The third-order valence-corrected chi connectivity index (χ3v) is 7.09. The number of guanidine groups is 1. The normalized spacial score (nSPS) is 25.5. The molecule has 0 spiro atoms. The van der Waals surface area contributed by atoms with E-state index in [4.69, 9.17) is 0 Å². The van der Waals surface area contributed by atoms with Crippen LogP contribution in [-0.4, -0.2) is 69.7 Å². The van der Waals surface area contributed by atoms with E-state index in [0.29, 0.717) is 12.3 Å². The van der Waals surface area contributed by atoms with E-state index in [1.165, 1.54) is 0 Å². The van der Waals surface area contributed by atoms with Gasteiger partial charge in [-0.3, -0.25) is 19.3 Å². The Morgan fingerprint density at radius 1 is 1.33 bits per heavy atom. The maximum atomic E-state index is 12.1. The van der Waals surface area contributed by atoms with E-state index in [2.05, 4.69) is 25.8 Å². The fourth-order valence-corrected chi connectivity index (χ4v) is 4.31. The van der Waals surface area contributed by atoms with E-state index >= 15 is 0 Å². The number of rotatable bonds is 4. The van der Waals surface area contributed by atoms with Gasteiger partial charge in [-0.1, -0.05) is 0 Å². The molecule has 2 heterocycles. The fraction of sp³-hybridized carbons (Fsp3) is 0.824. The average Bonchev–Trinajstić information content (AvgIpc) is 2.84. The van der Waals surface area contributed by atoms with Crippen molar-refractivity contribution in [2.75, 3.05) is 32.4 Å². The molecule has 8 nitrogen and oxygen atoms in total. The number of imide groups is 1. The molecule has 156 valence electrons. The number of aliphatic imine (C=N–C) groups is 1. The minimum atomic E-state index is -0.902. The summed E-state index contributed by atoms with van der Waals surface area (Å²) in [6.45, 7) is 9.83. The Kier molecular flexibility index (Phi) is 8.52. The number of nitrogens with zero attached hydrogens (tertiary/aromatic N) is 2. The summed E-state index contributed by atoms with van der Waals surface area (Å²) in [5.74, 6) is 1.22. The number of carbonyl (C=O) groups is 2. The van der Waals surface area contributed by atoms with Gasteiger partial charge in [0.05, 0.1) is 0 Å². The average molecular weight is 513 g/mol. The molecule has 0 aromatic carbocycles. The molecule has 2 unspecified atom stereocenters. The van der Waals surface area contributed by atoms with Gasteiger partial charge in [0, 0.05) is 48.0 Å². The van der Waals surface area contributed by atoms with Gasteiger partial charge in [0.25, 0.3) is 5.91 Å². The predicted molar refractivity (Wildman–Crippen MR) is 119 cm³/mol. The Morgan fingerprint density at radius 3 is 2.37 bits per heavy atom. The number of amides is 3. The summed E-state index contributed by atoms with van der Waals surface area (Å²) in [4.78, 5) is 30.0. The van der Waals surface area contributed by atoms with Gasteiger partial charge in [0.1, 0.15) is 5.54 Å². The minimum absolute atomic E-state index is 0. The molecule has 3 N–H and O–H groups in total. The molecule has 0 saturated carbocycles. The first-order valence-electron chi connectivity index (χ1n) is 9.05. The maximum absolute atomic E-state index is 12.1. The Hall–Kier alpha value is -0.910. The van der Waals surface area contributed by atoms with Gasteiger partial charge in [-0.05, 0) is 46.5 Å². The largest absolute Gasteiger partial charge is 0.355 e. The summed E-state index contributed by atoms with van der Waals surface area (Å²) in [5, 5.41) is 8.39. The SMILES string of the molecule is CN=C(NCCS(=O)C(C)(C)C)N1CCC(C2(C)NC(=O)NC2=O)CC1.I. The van der Waals surface area contributed by atoms with E-state index in [0.717, 1.165) is 31.9 Å². The Bertz CT molecular complexity index is 614. The molecule has 2 fully saturated rings. The molecule has 0 bridgehead atoms. The summed E-state index contributed by atoms with van der Waals surface area (Å²) < 4.78 is 11.9. The molecule has 0 radical (unpaired) electrons. The first-order chi connectivity index (χ1) is 12.1. The molecular weight excluding hydrogens is 481 g/mol. The smallest absolute Gasteiger partial charge is 0.322 e. The number of nitrogens with one attached hydrogen (secondary N) is 3. The van der Waals surface area contributed by atoms with E-state index < -0.39 is 22.4 Å². The van der Waals surface area contributed by atoms with Crippen molar-refractivity contribution in [3.63, 3.8) is 0 Å². The van der Waals surface area contributed by atoms with Crippen LogP contribution in [0, 0.1) is 5.92 Å². The number of urea groups is 1. The van der Waals surface area contributed by atoms with Crippen molar-refractivity contribution >= 4 is 52.7 Å². The predicted octanol–water partition coefficient (Wildman–Crippen LogP) is 1.04. The summed E-state index contributed by atoms with van der Waals surface area (Å²) in [6.07, 6.45) is 1.58. The number of hydrogen-bond acceptors (Lipinski definition) is 4. The second-order valence-electron chi connectivity index (χ2n) is 8.01. The third kappa shape index (κ3) is 5.78. The number of hydrogen-bond donors (Lipinski definition) is 3. The lowest BCUT2D eigenvalue weighted by molar-refractivity contribution is -0.125. The van der Waals surface area contributed by atoms with Crippen LogP contribution < -0.4 is 16.0 Å². The zero-order valence-electron chi connectivity index (χ0n) is 16.8. The summed E-state index contributed by atoms with van der Waals surface area (Å²) in [7, 11) is 0.835. The molecule has 2 aliphatic rings. The number of piperidine rings is 1. The van der Waals surface area contributed by atoms with Crippen LogP contribution in [0.2, 0.25) is 0 Å². The topological polar surface area (TPSA) is 103 Å². The van der Waals surface area contributed by atoms with Gasteiger partial charge < -0.3 is 15.5 Å². The minimum Gasteiger partial charge on any atom is -0.355 e. The zero-order chi connectivity index (χ0) is 19.5. The molecular formula is C17H32IN5O3S. The van der Waals surface area contributed by atoms with Crippen molar-refractivity contribution in [2.24, 2.45) is 10.9 Å². The molecule has 0 aliphatic carbocycles. The van der Waals surface area contributed by atoms with Crippen molar-refractivity contribution in [1.29, 1.82) is 0 Å². The highest BCUT2D eigenvalue weighted by molar-refractivity contribution is 14.0. The van der Waals surface area contributed by atoms with Crippen molar-refractivity contribution in [1.82, 2.24) is 20.9 Å². The van der Waals surface area contributed by atoms with Crippen molar-refractivity contribution in [3.05, 3.63) is 0 Å². The van der Waals surface area contributed by atoms with Gasteiger partial charge >= 0.3 is 6.03 Å². The van der Waals surface area contributed by atoms with Gasteiger partial charge in [0.15, 0.2) is 5.96 Å². The van der Waals surface area contributed by atoms with Crippen LogP contribution in [0.1, 0.15) is 40.5 Å². The molecule has 3 amide bonds. The summed E-state index contributed by atoms with van der Waals surface area (Å²) >= 11 is 0. The van der Waals surface area contributed by atoms with Crippen LogP contribution in [0.15, 0.2) is 4.99 Å². The first kappa shape index (κ1) is 24.1. The van der Waals surface area contributed by atoms with Crippen LogP contribution in [-0.2, 0) is 15.6 Å². The molecule has 2 atom stereocenters. The van der Waals surface area contributed by atoms with Gasteiger partial charge in [-0.2, -0.15) is 0 Å². The van der Waals surface area contributed by atoms with Crippen molar-refractivity contribution in [3.8, 4) is 0 Å². The maximum Gasteiger partial charge on any atom is 0.322 e. The molecule has 2 saturated heterocycles. The van der Waals surface area contributed by atoms with Gasteiger partial charge in [0.2, 0.25) is 0 Å². The van der Waals surface area contributed by atoms with Crippen LogP contribution in [0.4, 0.5) is 4.79 Å². The summed E-state index contributed by atoms with van der Waals surface area (Å²) in [5.41, 5.74) is -0.830. The summed E-state index contributed by atoms with van der Waals surface area (Å²) in [6, 6.07) is -0.413. The lowest BCUT2D eigenvalue weighted by Crippen LogP contribution is -2.55. The van der Waals surface area contributed by atoms with Crippen molar-refractivity contribution in [2.45, 2.75) is 50.8 Å². The third-order valence-electron chi connectivity index (χ3n) is 5.15. The van der Waals surface area contributed by atoms with Crippen molar-refractivity contribution < 1.29 is 13.8 Å². The van der Waals surface area contributed by atoms with E-state index in [9.17, 15) is 13.8 Å². The molecule has 0 aromatic rings. The fourth-order valence-electron chi connectivity index (χ4n) is 3.41. The molecule has 2 rings (SSSR count). The van der Waals surface area contributed by atoms with Crippen LogP contribution in [0.5, 0.6) is 0 Å². The number of carbonyl (C=O) groups excluding carboxylic acids is 2. The first-order valence-corrected chi connectivity index (χ1v) is 10.4. The molecule has 0 aromatic heterocycles. The van der Waals surface area contributed by atoms with E-state index in [-0.39, 0.29) is 40.5 Å². The quantitative estimate of drug-likeness (QED) is 0.226. The number of likely N-dealkylation sites (tertiary alicyclic amines) is 1.